The van der Waals surface area contributed by atoms with Gasteiger partial charge in [-0.1, -0.05) is 6.07 Å². The van der Waals surface area contributed by atoms with E-state index >= 15 is 0 Å². The van der Waals surface area contributed by atoms with E-state index in [9.17, 15) is 0 Å². The van der Waals surface area contributed by atoms with E-state index in [1.807, 2.05) is 18.2 Å². The third-order valence-electron chi connectivity index (χ3n) is 4.62. The first-order valence-corrected chi connectivity index (χ1v) is 9.13. The molecule has 2 aromatic rings. The maximum atomic E-state index is 5.17. The van der Waals surface area contributed by atoms with Crippen LogP contribution in [0.4, 0.5) is 0 Å². The van der Waals surface area contributed by atoms with Crippen molar-refractivity contribution in [2.75, 3.05) is 14.2 Å². The molecule has 1 atom stereocenters. The molecule has 0 amide bonds. The van der Waals surface area contributed by atoms with Gasteiger partial charge in [0.25, 0.3) is 0 Å². The van der Waals surface area contributed by atoms with Crippen molar-refractivity contribution in [3.8, 4) is 5.88 Å². The zero-order chi connectivity index (χ0) is 18.5. The normalized spacial score (nSPS) is 16.5. The van der Waals surface area contributed by atoms with Crippen LogP contribution in [0.15, 0.2) is 29.4 Å². The van der Waals surface area contributed by atoms with Crippen LogP contribution < -0.4 is 15.4 Å². The van der Waals surface area contributed by atoms with E-state index < -0.39 is 0 Å². The lowest BCUT2D eigenvalue weighted by atomic mass is 9.94. The number of aryl methyl sites for hydroxylation is 1. The zero-order valence-electron chi connectivity index (χ0n) is 16.4. The van der Waals surface area contributed by atoms with E-state index in [1.54, 1.807) is 14.2 Å². The van der Waals surface area contributed by atoms with Gasteiger partial charge in [0, 0.05) is 37.8 Å². The van der Waals surface area contributed by atoms with Crippen molar-refractivity contribution in [1.82, 2.24) is 25.4 Å². The average Bonchev–Trinajstić information content (AvgIpc) is 3.09. The number of aromatic nitrogens is 3. The van der Waals surface area contributed by atoms with Crippen LogP contribution >= 0.6 is 24.0 Å². The third kappa shape index (κ3) is 5.57. The van der Waals surface area contributed by atoms with Crippen LogP contribution in [0.1, 0.15) is 43.3 Å². The fourth-order valence-electron chi connectivity index (χ4n) is 3.13. The molecule has 2 N–H and O–H groups in total. The number of guanidine groups is 1. The van der Waals surface area contributed by atoms with Gasteiger partial charge in [-0.25, -0.2) is 4.98 Å². The number of aliphatic imine (C=N–C) groups is 1. The Hall–Kier alpha value is -1.84. The Labute approximate surface area is 178 Å². The Morgan fingerprint density at radius 2 is 2.22 bits per heavy atom. The minimum atomic E-state index is 0. The molecule has 1 aliphatic rings. The van der Waals surface area contributed by atoms with Crippen molar-refractivity contribution in [3.05, 3.63) is 41.3 Å². The van der Waals surface area contributed by atoms with Crippen LogP contribution in [-0.2, 0) is 19.4 Å². The number of ether oxygens (including phenoxy) is 1. The van der Waals surface area contributed by atoms with Crippen LogP contribution in [0, 0.1) is 0 Å². The molecule has 0 aliphatic heterocycles. The van der Waals surface area contributed by atoms with Crippen LogP contribution in [0.3, 0.4) is 0 Å². The molecule has 0 aromatic carbocycles. The zero-order valence-corrected chi connectivity index (χ0v) is 18.7. The molecule has 0 fully saturated rings. The second kappa shape index (κ2) is 9.91. The van der Waals surface area contributed by atoms with Crippen LogP contribution in [0.2, 0.25) is 0 Å². The molecular weight excluding hydrogens is 455 g/mol. The largest absolute Gasteiger partial charge is 0.481 e. The van der Waals surface area contributed by atoms with Gasteiger partial charge in [0.1, 0.15) is 0 Å². The second-order valence-corrected chi connectivity index (χ2v) is 6.86. The first kappa shape index (κ1) is 21.5. The van der Waals surface area contributed by atoms with Gasteiger partial charge in [0.05, 0.1) is 25.0 Å². The summed E-state index contributed by atoms with van der Waals surface area (Å²) in [4.78, 5) is 8.75. The van der Waals surface area contributed by atoms with Crippen molar-refractivity contribution >= 4 is 29.9 Å². The topological polar surface area (TPSA) is 76.4 Å². The summed E-state index contributed by atoms with van der Waals surface area (Å²) in [6, 6.07) is 6.48. The summed E-state index contributed by atoms with van der Waals surface area (Å²) in [5.74, 6) is 1.40. The maximum absolute atomic E-state index is 5.17. The Balaban J connectivity index is 0.00000261. The van der Waals surface area contributed by atoms with Crippen molar-refractivity contribution < 1.29 is 4.74 Å². The summed E-state index contributed by atoms with van der Waals surface area (Å²) in [5.41, 5.74) is 3.49. The number of methoxy groups -OCH3 is 1. The van der Waals surface area contributed by atoms with E-state index in [0.717, 1.165) is 30.9 Å². The van der Waals surface area contributed by atoms with Gasteiger partial charge >= 0.3 is 0 Å². The molecule has 0 bridgehead atoms. The number of fused-ring (bicyclic) bond motifs is 1. The standard InChI is InChI=1S/C19H28N6O.HI/c1-13(2)25-12-14-8-9-15(10-17(14)24-25)23-19(20-3)21-11-16-6-5-7-18(22-16)26-4;/h5-7,12-13,15H,8-11H2,1-4H3,(H2,20,21,23);1H. The van der Waals surface area contributed by atoms with Crippen molar-refractivity contribution in [3.63, 3.8) is 0 Å². The molecule has 1 aliphatic carbocycles. The minimum absolute atomic E-state index is 0. The van der Waals surface area contributed by atoms with E-state index in [1.165, 1.54) is 11.3 Å². The van der Waals surface area contributed by atoms with E-state index in [-0.39, 0.29) is 24.0 Å². The molecule has 2 heterocycles. The molecule has 27 heavy (non-hydrogen) atoms. The second-order valence-electron chi connectivity index (χ2n) is 6.86. The predicted octanol–water partition coefficient (Wildman–Crippen LogP) is 2.71. The SMILES string of the molecule is CN=C(NCc1cccc(OC)n1)NC1CCc2cn(C(C)C)nc2C1.I. The average molecular weight is 484 g/mol. The van der Waals surface area contributed by atoms with E-state index in [4.69, 9.17) is 9.84 Å². The highest BCUT2D eigenvalue weighted by Gasteiger charge is 2.23. The van der Waals surface area contributed by atoms with Gasteiger partial charge in [0.15, 0.2) is 5.96 Å². The lowest BCUT2D eigenvalue weighted by Crippen LogP contribution is -2.45. The molecule has 0 saturated heterocycles. The third-order valence-corrected chi connectivity index (χ3v) is 4.62. The molecule has 148 valence electrons. The number of hydrogen-bond donors (Lipinski definition) is 2. The predicted molar refractivity (Wildman–Crippen MR) is 118 cm³/mol. The Kier molecular flexibility index (Phi) is 7.88. The molecule has 1 unspecified atom stereocenters. The lowest BCUT2D eigenvalue weighted by Gasteiger charge is -2.24. The monoisotopic (exact) mass is 484 g/mol. The number of nitrogens with one attached hydrogen (secondary N) is 2. The van der Waals surface area contributed by atoms with Gasteiger partial charge < -0.3 is 15.4 Å². The quantitative estimate of drug-likeness (QED) is 0.388. The summed E-state index contributed by atoms with van der Waals surface area (Å²) in [5, 5.41) is 11.6. The van der Waals surface area contributed by atoms with Crippen molar-refractivity contribution in [2.45, 2.75) is 51.7 Å². The van der Waals surface area contributed by atoms with Crippen molar-refractivity contribution in [2.24, 2.45) is 4.99 Å². The summed E-state index contributed by atoms with van der Waals surface area (Å²) in [6.45, 7) is 4.91. The van der Waals surface area contributed by atoms with Gasteiger partial charge in [-0.15, -0.1) is 24.0 Å². The molecule has 3 rings (SSSR count). The first-order chi connectivity index (χ1) is 12.6. The molecule has 7 nitrogen and oxygen atoms in total. The molecule has 0 radical (unpaired) electrons. The summed E-state index contributed by atoms with van der Waals surface area (Å²) >= 11 is 0. The minimum Gasteiger partial charge on any atom is -0.481 e. The molecule has 0 spiro atoms. The number of halogens is 1. The van der Waals surface area contributed by atoms with Crippen LogP contribution in [-0.4, -0.2) is 40.9 Å². The first-order valence-electron chi connectivity index (χ1n) is 9.13. The van der Waals surface area contributed by atoms with E-state index in [0.29, 0.717) is 24.5 Å². The van der Waals surface area contributed by atoms with Gasteiger partial charge in [0.2, 0.25) is 5.88 Å². The number of rotatable bonds is 5. The Morgan fingerprint density at radius 1 is 1.41 bits per heavy atom. The van der Waals surface area contributed by atoms with Crippen LogP contribution in [0.5, 0.6) is 5.88 Å². The highest BCUT2D eigenvalue weighted by Crippen LogP contribution is 2.21. The van der Waals surface area contributed by atoms with Crippen LogP contribution in [0.25, 0.3) is 0 Å². The van der Waals surface area contributed by atoms with E-state index in [2.05, 4.69) is 45.3 Å². The Morgan fingerprint density at radius 3 is 2.93 bits per heavy atom. The number of hydrogen-bond acceptors (Lipinski definition) is 4. The highest BCUT2D eigenvalue weighted by atomic mass is 127. The lowest BCUT2D eigenvalue weighted by molar-refractivity contribution is 0.396. The summed E-state index contributed by atoms with van der Waals surface area (Å²) < 4.78 is 7.23. The highest BCUT2D eigenvalue weighted by molar-refractivity contribution is 14.0. The Bertz CT molecular complexity index is 773. The van der Waals surface area contributed by atoms with Gasteiger partial charge in [-0.2, -0.15) is 5.10 Å². The summed E-state index contributed by atoms with van der Waals surface area (Å²) in [6.07, 6.45) is 5.24. The molecular formula is C19H29IN6O. The smallest absolute Gasteiger partial charge is 0.213 e. The fourth-order valence-corrected chi connectivity index (χ4v) is 3.13. The molecule has 8 heteroatoms. The number of nitrogens with zero attached hydrogens (tertiary/aromatic N) is 4. The maximum Gasteiger partial charge on any atom is 0.213 e. The fraction of sp³-hybridized carbons (Fsp3) is 0.526. The molecule has 0 saturated carbocycles. The van der Waals surface area contributed by atoms with Crippen molar-refractivity contribution in [1.29, 1.82) is 0 Å². The molecule has 2 aromatic heterocycles. The van der Waals surface area contributed by atoms with Gasteiger partial charge in [-0.05, 0) is 38.3 Å². The van der Waals surface area contributed by atoms with Gasteiger partial charge in [-0.3, -0.25) is 9.67 Å². The summed E-state index contributed by atoms with van der Waals surface area (Å²) in [7, 11) is 3.41. The number of pyridine rings is 1.